The fourth-order valence-electron chi connectivity index (χ4n) is 2.46. The van der Waals surface area contributed by atoms with Crippen LogP contribution in [-0.2, 0) is 4.74 Å². The van der Waals surface area contributed by atoms with Gasteiger partial charge in [0.05, 0.1) is 0 Å². The summed E-state index contributed by atoms with van der Waals surface area (Å²) in [7, 11) is 0. The minimum Gasteiger partial charge on any atom is -0.381 e. The Morgan fingerprint density at radius 3 is 2.86 bits per heavy atom. The second-order valence-corrected chi connectivity index (χ2v) is 4.52. The molecule has 0 saturated carbocycles. The van der Waals surface area contributed by atoms with Crippen LogP contribution in [0.1, 0.15) is 19.8 Å². The number of nitrogens with zero attached hydrogens (tertiary/aromatic N) is 2. The van der Waals surface area contributed by atoms with Crippen molar-refractivity contribution in [1.82, 2.24) is 10.2 Å². The number of rotatable bonds is 3. The molecule has 3 heteroatoms. The van der Waals surface area contributed by atoms with E-state index in [9.17, 15) is 0 Å². The van der Waals surface area contributed by atoms with Crippen LogP contribution in [0.25, 0.3) is 0 Å². The van der Waals surface area contributed by atoms with Crippen molar-refractivity contribution < 1.29 is 4.74 Å². The zero-order chi connectivity index (χ0) is 9.80. The van der Waals surface area contributed by atoms with Gasteiger partial charge < -0.3 is 4.74 Å². The molecule has 14 heavy (non-hydrogen) atoms. The van der Waals surface area contributed by atoms with E-state index in [1.54, 1.807) is 0 Å². The molecule has 0 aromatic carbocycles. The number of piperazine rings is 1. The molecule has 2 saturated heterocycles. The Balaban J connectivity index is 1.72. The summed E-state index contributed by atoms with van der Waals surface area (Å²) in [5.41, 5.74) is 0. The van der Waals surface area contributed by atoms with Crippen molar-refractivity contribution in [3.63, 3.8) is 0 Å². The first-order valence-electron chi connectivity index (χ1n) is 5.81. The summed E-state index contributed by atoms with van der Waals surface area (Å²) in [4.78, 5) is 2.57. The summed E-state index contributed by atoms with van der Waals surface area (Å²) in [6.07, 6.45) is 2.57. The minimum atomic E-state index is 0.720. The molecule has 2 fully saturated rings. The summed E-state index contributed by atoms with van der Waals surface area (Å²) in [6.45, 7) is 8.71. The Kier molecular flexibility index (Phi) is 3.79. The molecule has 2 unspecified atom stereocenters. The zero-order valence-electron chi connectivity index (χ0n) is 9.11. The maximum Gasteiger partial charge on any atom is 0.0495 e. The lowest BCUT2D eigenvalue weighted by molar-refractivity contribution is 0.144. The molecule has 0 aromatic heterocycles. The predicted molar refractivity (Wildman–Crippen MR) is 56.4 cm³/mol. The molecule has 0 spiro atoms. The van der Waals surface area contributed by atoms with E-state index in [1.807, 2.05) is 0 Å². The summed E-state index contributed by atoms with van der Waals surface area (Å²) < 4.78 is 5.41. The van der Waals surface area contributed by atoms with Gasteiger partial charge >= 0.3 is 0 Å². The Morgan fingerprint density at radius 2 is 2.21 bits per heavy atom. The van der Waals surface area contributed by atoms with Gasteiger partial charge in [-0.05, 0) is 25.7 Å². The molecule has 2 aliphatic heterocycles. The third-order valence-electron chi connectivity index (χ3n) is 3.41. The molecule has 0 aromatic rings. The van der Waals surface area contributed by atoms with Gasteiger partial charge in [0.2, 0.25) is 0 Å². The van der Waals surface area contributed by atoms with Gasteiger partial charge in [-0.15, -0.1) is 0 Å². The molecule has 0 N–H and O–H groups in total. The van der Waals surface area contributed by atoms with Gasteiger partial charge in [-0.1, -0.05) is 0 Å². The van der Waals surface area contributed by atoms with E-state index in [2.05, 4.69) is 17.1 Å². The molecule has 81 valence electrons. The molecule has 3 nitrogen and oxygen atoms in total. The third kappa shape index (κ3) is 2.69. The van der Waals surface area contributed by atoms with Crippen LogP contribution in [0.2, 0.25) is 0 Å². The fourth-order valence-corrected chi connectivity index (χ4v) is 2.46. The molecule has 2 atom stereocenters. The van der Waals surface area contributed by atoms with Crippen LogP contribution >= 0.6 is 0 Å². The molecule has 1 radical (unpaired) electrons. The van der Waals surface area contributed by atoms with Crippen LogP contribution in [0.5, 0.6) is 0 Å². The van der Waals surface area contributed by atoms with Gasteiger partial charge in [0.15, 0.2) is 0 Å². The van der Waals surface area contributed by atoms with Gasteiger partial charge in [0.1, 0.15) is 0 Å². The van der Waals surface area contributed by atoms with Crippen LogP contribution in [0, 0.1) is 5.92 Å². The highest BCUT2D eigenvalue weighted by Gasteiger charge is 2.23. The quantitative estimate of drug-likeness (QED) is 0.666. The summed E-state index contributed by atoms with van der Waals surface area (Å²) >= 11 is 0. The SMILES string of the molecule is CC(CC1CCOC1)N1CC[N]CC1. The second-order valence-electron chi connectivity index (χ2n) is 4.52. The lowest BCUT2D eigenvalue weighted by Gasteiger charge is -2.33. The first kappa shape index (κ1) is 10.4. The Hall–Kier alpha value is -0.120. The molecule has 2 heterocycles. The van der Waals surface area contributed by atoms with E-state index in [-0.39, 0.29) is 0 Å². The fraction of sp³-hybridized carbons (Fsp3) is 1.00. The van der Waals surface area contributed by atoms with Crippen LogP contribution in [0.15, 0.2) is 0 Å². The van der Waals surface area contributed by atoms with E-state index in [0.717, 1.165) is 51.4 Å². The van der Waals surface area contributed by atoms with Crippen molar-refractivity contribution in [3.05, 3.63) is 0 Å². The van der Waals surface area contributed by atoms with E-state index in [0.29, 0.717) is 0 Å². The van der Waals surface area contributed by atoms with E-state index >= 15 is 0 Å². The van der Waals surface area contributed by atoms with Crippen LogP contribution < -0.4 is 5.32 Å². The molecule has 0 bridgehead atoms. The maximum atomic E-state index is 5.41. The van der Waals surface area contributed by atoms with Gasteiger partial charge in [-0.2, -0.15) is 0 Å². The van der Waals surface area contributed by atoms with E-state index in [1.165, 1.54) is 12.8 Å². The smallest absolute Gasteiger partial charge is 0.0495 e. The number of hydrogen-bond acceptors (Lipinski definition) is 2. The van der Waals surface area contributed by atoms with Gasteiger partial charge in [0.25, 0.3) is 0 Å². The second kappa shape index (κ2) is 5.10. The molecule has 0 aliphatic carbocycles. The summed E-state index contributed by atoms with van der Waals surface area (Å²) in [5, 5.41) is 4.38. The molecule has 0 amide bonds. The van der Waals surface area contributed by atoms with Crippen molar-refractivity contribution in [2.45, 2.75) is 25.8 Å². The van der Waals surface area contributed by atoms with Crippen molar-refractivity contribution in [2.24, 2.45) is 5.92 Å². The largest absolute Gasteiger partial charge is 0.381 e. The average Bonchev–Trinajstić information content (AvgIpc) is 2.72. The van der Waals surface area contributed by atoms with Crippen LogP contribution in [0.3, 0.4) is 0 Å². The lowest BCUT2D eigenvalue weighted by atomic mass is 9.99. The van der Waals surface area contributed by atoms with Crippen LogP contribution in [-0.4, -0.2) is 50.3 Å². The zero-order valence-corrected chi connectivity index (χ0v) is 9.11. The molecule has 2 aliphatic rings. The summed E-state index contributed by atoms with van der Waals surface area (Å²) in [6, 6.07) is 0.720. The van der Waals surface area contributed by atoms with E-state index < -0.39 is 0 Å². The first-order valence-corrected chi connectivity index (χ1v) is 5.81. The first-order chi connectivity index (χ1) is 6.86. The standard InChI is InChI=1S/C11H21N2O/c1-10(8-11-2-7-14-9-11)13-5-3-12-4-6-13/h10-11H,2-9H2,1H3. The number of ether oxygens (including phenoxy) is 1. The Morgan fingerprint density at radius 1 is 1.43 bits per heavy atom. The van der Waals surface area contributed by atoms with Crippen LogP contribution in [0.4, 0.5) is 0 Å². The van der Waals surface area contributed by atoms with Crippen molar-refractivity contribution in [2.75, 3.05) is 39.4 Å². The minimum absolute atomic E-state index is 0.720. The maximum absolute atomic E-state index is 5.41. The highest BCUT2D eigenvalue weighted by Crippen LogP contribution is 2.20. The average molecular weight is 197 g/mol. The monoisotopic (exact) mass is 197 g/mol. The van der Waals surface area contributed by atoms with Crippen molar-refractivity contribution in [1.29, 1.82) is 0 Å². The number of hydrogen-bond donors (Lipinski definition) is 0. The van der Waals surface area contributed by atoms with Gasteiger partial charge in [-0.3, -0.25) is 4.90 Å². The van der Waals surface area contributed by atoms with E-state index in [4.69, 9.17) is 4.74 Å². The summed E-state index contributed by atoms with van der Waals surface area (Å²) in [5.74, 6) is 0.809. The molecule has 2 rings (SSSR count). The topological polar surface area (TPSA) is 26.6 Å². The van der Waals surface area contributed by atoms with Gasteiger partial charge in [0, 0.05) is 45.4 Å². The highest BCUT2D eigenvalue weighted by molar-refractivity contribution is 4.77. The molecular formula is C11H21N2O. The Labute approximate surface area is 86.8 Å². The molecular weight excluding hydrogens is 176 g/mol. The van der Waals surface area contributed by atoms with Crippen molar-refractivity contribution in [3.8, 4) is 0 Å². The normalized spacial score (nSPS) is 31.9. The Bertz CT molecular complexity index is 163. The predicted octanol–water partition coefficient (Wildman–Crippen LogP) is 0.722. The van der Waals surface area contributed by atoms with Crippen molar-refractivity contribution >= 4 is 0 Å². The highest BCUT2D eigenvalue weighted by atomic mass is 16.5. The lowest BCUT2D eigenvalue weighted by Crippen LogP contribution is -2.45. The third-order valence-corrected chi connectivity index (χ3v) is 3.41. The van der Waals surface area contributed by atoms with Gasteiger partial charge in [-0.25, -0.2) is 5.32 Å².